The highest BCUT2D eigenvalue weighted by atomic mass is 16.4. The van der Waals surface area contributed by atoms with Gasteiger partial charge in [-0.2, -0.15) is 5.10 Å². The SMILES string of the molecule is CCc1cc(-c2nc3nccc(-c4ccc5c(c4)CCCC[C@H]5NC(=O)c4nnc(C(C)(C)C)o4)c3[nH]2)nn1C. The molecule has 10 nitrogen and oxygen atoms in total. The molecule has 0 saturated heterocycles. The summed E-state index contributed by atoms with van der Waals surface area (Å²) in [6.07, 6.45) is 6.56. The molecule has 40 heavy (non-hydrogen) atoms. The molecule has 10 heteroatoms. The number of rotatable bonds is 5. The van der Waals surface area contributed by atoms with E-state index in [9.17, 15) is 4.79 Å². The van der Waals surface area contributed by atoms with Crippen molar-refractivity contribution in [2.75, 3.05) is 0 Å². The number of H-pyrrole nitrogens is 1. The summed E-state index contributed by atoms with van der Waals surface area (Å²) in [6.45, 7) is 8.04. The second kappa shape index (κ2) is 10.0. The van der Waals surface area contributed by atoms with E-state index in [1.54, 1.807) is 6.20 Å². The third-order valence-electron chi connectivity index (χ3n) is 7.56. The number of carbonyl (C=O) groups is 1. The van der Waals surface area contributed by atoms with Crippen LogP contribution in [0.25, 0.3) is 33.8 Å². The summed E-state index contributed by atoms with van der Waals surface area (Å²) in [6, 6.07) is 10.4. The minimum atomic E-state index is -0.341. The highest BCUT2D eigenvalue weighted by Crippen LogP contribution is 2.35. The highest BCUT2D eigenvalue weighted by molar-refractivity contribution is 5.92. The van der Waals surface area contributed by atoms with Crippen LogP contribution in [0.5, 0.6) is 0 Å². The lowest BCUT2D eigenvalue weighted by molar-refractivity contribution is 0.0896. The van der Waals surface area contributed by atoms with E-state index < -0.39 is 0 Å². The van der Waals surface area contributed by atoms with Gasteiger partial charge in [-0.05, 0) is 54.5 Å². The van der Waals surface area contributed by atoms with Crippen molar-refractivity contribution < 1.29 is 9.21 Å². The van der Waals surface area contributed by atoms with E-state index in [-0.39, 0.29) is 23.3 Å². The van der Waals surface area contributed by atoms with Gasteiger partial charge < -0.3 is 14.7 Å². The van der Waals surface area contributed by atoms with Crippen molar-refractivity contribution >= 4 is 17.1 Å². The summed E-state index contributed by atoms with van der Waals surface area (Å²) in [4.78, 5) is 25.8. The predicted octanol–water partition coefficient (Wildman–Crippen LogP) is 5.47. The minimum Gasteiger partial charge on any atom is -0.416 e. The lowest BCUT2D eigenvalue weighted by atomic mass is 9.94. The van der Waals surface area contributed by atoms with Gasteiger partial charge in [-0.25, -0.2) is 9.97 Å². The molecule has 1 aliphatic rings. The monoisotopic (exact) mass is 538 g/mol. The smallest absolute Gasteiger partial charge is 0.309 e. The standard InChI is InChI=1S/C30H34N8O2/c1-6-19-16-23(37-38(19)5)25-33-24-21(13-14-31-26(24)34-25)18-11-12-20-17(15-18)9-7-8-10-22(20)32-27(39)28-35-36-29(40-28)30(2,3)4/h11-16,22H,6-10H2,1-5H3,(H,32,39)(H,31,33,34)/t22-/m1/s1. The van der Waals surface area contributed by atoms with Crippen molar-refractivity contribution in [3.8, 4) is 22.6 Å². The second-order valence-corrected chi connectivity index (χ2v) is 11.5. The summed E-state index contributed by atoms with van der Waals surface area (Å²) in [7, 11) is 1.95. The number of aryl methyl sites for hydroxylation is 3. The number of hydrogen-bond acceptors (Lipinski definition) is 7. The van der Waals surface area contributed by atoms with Crippen LogP contribution in [0.4, 0.5) is 0 Å². The fourth-order valence-electron chi connectivity index (χ4n) is 5.36. The maximum absolute atomic E-state index is 13.0. The van der Waals surface area contributed by atoms with Crippen molar-refractivity contribution in [2.24, 2.45) is 7.05 Å². The zero-order chi connectivity index (χ0) is 28.0. The summed E-state index contributed by atoms with van der Waals surface area (Å²) in [5, 5.41) is 15.8. The van der Waals surface area contributed by atoms with Gasteiger partial charge in [0.15, 0.2) is 11.5 Å². The average molecular weight is 539 g/mol. The molecule has 4 aromatic heterocycles. The number of carbonyl (C=O) groups excluding carboxylic acids is 1. The molecular weight excluding hydrogens is 504 g/mol. The zero-order valence-electron chi connectivity index (χ0n) is 23.6. The summed E-state index contributed by atoms with van der Waals surface area (Å²) < 4.78 is 7.57. The molecule has 1 aliphatic carbocycles. The van der Waals surface area contributed by atoms with E-state index in [0.29, 0.717) is 17.4 Å². The number of aromatic nitrogens is 7. The number of aromatic amines is 1. The average Bonchev–Trinajstić information content (AvgIpc) is 3.65. The van der Waals surface area contributed by atoms with Crippen LogP contribution in [-0.2, 0) is 25.3 Å². The van der Waals surface area contributed by atoms with Crippen LogP contribution >= 0.6 is 0 Å². The number of pyridine rings is 1. The molecule has 0 saturated carbocycles. The van der Waals surface area contributed by atoms with Gasteiger partial charge in [0.1, 0.15) is 5.69 Å². The topological polar surface area (TPSA) is 127 Å². The number of fused-ring (bicyclic) bond motifs is 2. The van der Waals surface area contributed by atoms with Crippen molar-refractivity contribution in [1.82, 2.24) is 40.2 Å². The summed E-state index contributed by atoms with van der Waals surface area (Å²) in [5.41, 5.74) is 7.63. The first-order valence-corrected chi connectivity index (χ1v) is 13.9. The Morgan fingerprint density at radius 1 is 1.18 bits per heavy atom. The van der Waals surface area contributed by atoms with Gasteiger partial charge in [0.25, 0.3) is 0 Å². The van der Waals surface area contributed by atoms with E-state index in [1.165, 1.54) is 5.56 Å². The number of hydrogen-bond donors (Lipinski definition) is 2. The normalized spacial score (nSPS) is 15.7. The predicted molar refractivity (Wildman–Crippen MR) is 152 cm³/mol. The number of imidazole rings is 1. The van der Waals surface area contributed by atoms with Gasteiger partial charge in [0.2, 0.25) is 5.89 Å². The molecule has 4 heterocycles. The first-order valence-electron chi connectivity index (χ1n) is 13.9. The molecule has 1 aromatic carbocycles. The molecule has 1 amide bonds. The van der Waals surface area contributed by atoms with Gasteiger partial charge in [0, 0.05) is 29.9 Å². The first kappa shape index (κ1) is 25.9. The molecule has 2 N–H and O–H groups in total. The summed E-state index contributed by atoms with van der Waals surface area (Å²) >= 11 is 0. The fourth-order valence-corrected chi connectivity index (χ4v) is 5.36. The van der Waals surface area contributed by atoms with E-state index in [2.05, 4.69) is 61.8 Å². The molecule has 1 atom stereocenters. The Morgan fingerprint density at radius 2 is 2.02 bits per heavy atom. The number of nitrogens with zero attached hydrogens (tertiary/aromatic N) is 6. The third kappa shape index (κ3) is 4.78. The lowest BCUT2D eigenvalue weighted by Gasteiger charge is -2.19. The zero-order valence-corrected chi connectivity index (χ0v) is 23.6. The van der Waals surface area contributed by atoms with Crippen LogP contribution in [0.1, 0.15) is 86.4 Å². The van der Waals surface area contributed by atoms with Gasteiger partial charge in [0.05, 0.1) is 11.6 Å². The van der Waals surface area contributed by atoms with Gasteiger partial charge >= 0.3 is 11.8 Å². The van der Waals surface area contributed by atoms with Crippen molar-refractivity contribution in [1.29, 1.82) is 0 Å². The Hall–Kier alpha value is -4.34. The van der Waals surface area contributed by atoms with Crippen LogP contribution in [0.3, 0.4) is 0 Å². The molecule has 206 valence electrons. The quantitative estimate of drug-likeness (QED) is 0.284. The Balaban J connectivity index is 1.31. The molecule has 0 spiro atoms. The molecule has 6 rings (SSSR count). The Morgan fingerprint density at radius 3 is 2.77 bits per heavy atom. The van der Waals surface area contributed by atoms with E-state index in [0.717, 1.165) is 65.7 Å². The van der Waals surface area contributed by atoms with E-state index in [1.807, 2.05) is 38.6 Å². The maximum Gasteiger partial charge on any atom is 0.309 e. The highest BCUT2D eigenvalue weighted by Gasteiger charge is 2.27. The van der Waals surface area contributed by atoms with Crippen molar-refractivity contribution in [2.45, 2.75) is 71.3 Å². The molecule has 0 fully saturated rings. The molecule has 5 aromatic rings. The number of nitrogens with one attached hydrogen (secondary N) is 2. The molecule has 0 unspecified atom stereocenters. The Bertz CT molecular complexity index is 1700. The fraction of sp³-hybridized carbons (Fsp3) is 0.400. The van der Waals surface area contributed by atoms with Crippen LogP contribution < -0.4 is 5.32 Å². The summed E-state index contributed by atoms with van der Waals surface area (Å²) in [5.74, 6) is 0.813. The minimum absolute atomic E-state index is 0.000493. The molecule has 0 bridgehead atoms. The van der Waals surface area contributed by atoms with Crippen molar-refractivity contribution in [3.05, 3.63) is 65.1 Å². The third-order valence-corrected chi connectivity index (χ3v) is 7.56. The maximum atomic E-state index is 13.0. The van der Waals surface area contributed by atoms with Crippen molar-refractivity contribution in [3.63, 3.8) is 0 Å². The van der Waals surface area contributed by atoms with Crippen LogP contribution in [0.15, 0.2) is 40.9 Å². The van der Waals surface area contributed by atoms with Gasteiger partial charge in [-0.1, -0.05) is 52.3 Å². The Labute approximate surface area is 232 Å². The Kier molecular flexibility index (Phi) is 6.48. The van der Waals surface area contributed by atoms with Crippen LogP contribution in [0, 0.1) is 0 Å². The van der Waals surface area contributed by atoms with E-state index in [4.69, 9.17) is 9.40 Å². The first-order chi connectivity index (χ1) is 19.2. The largest absolute Gasteiger partial charge is 0.416 e. The molecule has 0 radical (unpaired) electrons. The lowest BCUT2D eigenvalue weighted by Crippen LogP contribution is -2.29. The van der Waals surface area contributed by atoms with Gasteiger partial charge in [-0.15, -0.1) is 10.2 Å². The molecule has 0 aliphatic heterocycles. The number of benzene rings is 1. The molecular formula is C30H34N8O2. The van der Waals surface area contributed by atoms with Gasteiger partial charge in [-0.3, -0.25) is 9.48 Å². The second-order valence-electron chi connectivity index (χ2n) is 11.5. The van der Waals surface area contributed by atoms with E-state index >= 15 is 0 Å². The number of amides is 1. The van der Waals surface area contributed by atoms with Crippen LogP contribution in [-0.4, -0.2) is 40.8 Å². The van der Waals surface area contributed by atoms with Crippen LogP contribution in [0.2, 0.25) is 0 Å².